The molecule has 0 aliphatic carbocycles. The molecular weight excluding hydrogens is 623 g/mol. The van der Waals surface area contributed by atoms with E-state index in [-0.39, 0.29) is 24.3 Å². The Hall–Kier alpha value is -4.69. The highest BCUT2D eigenvalue weighted by Gasteiger charge is 2.36. The van der Waals surface area contributed by atoms with Crippen molar-refractivity contribution in [3.63, 3.8) is 0 Å². The zero-order valence-electron chi connectivity index (χ0n) is 28.7. The highest BCUT2D eigenvalue weighted by Crippen LogP contribution is 2.46. The van der Waals surface area contributed by atoms with Gasteiger partial charge in [-0.3, -0.25) is 0 Å². The van der Waals surface area contributed by atoms with Crippen LogP contribution in [0.2, 0.25) is 0 Å². The molecule has 4 aromatic rings. The number of rotatable bonds is 6. The summed E-state index contributed by atoms with van der Waals surface area (Å²) in [6.07, 6.45) is 3.44. The van der Waals surface area contributed by atoms with Gasteiger partial charge in [0.05, 0.1) is 36.0 Å². The molecule has 0 saturated carbocycles. The van der Waals surface area contributed by atoms with Crippen molar-refractivity contribution in [1.82, 2.24) is 19.8 Å². The van der Waals surface area contributed by atoms with Crippen molar-refractivity contribution in [3.05, 3.63) is 53.8 Å². The SMILES string of the molecule is CN1CCC[C@H]1COc1nc(N2CCN(C(=O)OC(C)(C)C)[C@@H](CC#N)C2)c2c3c(c(-c4cccc5cccc(F)c45)cc2n1)CCCO3. The van der Waals surface area contributed by atoms with Crippen molar-refractivity contribution in [2.24, 2.45) is 0 Å². The first-order valence-corrected chi connectivity index (χ1v) is 17.2. The first-order chi connectivity index (χ1) is 23.6. The maximum atomic E-state index is 15.5. The van der Waals surface area contributed by atoms with Crippen LogP contribution in [0.4, 0.5) is 15.0 Å². The Morgan fingerprint density at radius 2 is 1.88 bits per heavy atom. The highest BCUT2D eigenvalue weighted by atomic mass is 19.1. The molecule has 0 radical (unpaired) electrons. The third kappa shape index (κ3) is 6.54. The van der Waals surface area contributed by atoms with E-state index in [1.54, 1.807) is 11.0 Å². The van der Waals surface area contributed by atoms with Gasteiger partial charge in [-0.1, -0.05) is 30.3 Å². The monoisotopic (exact) mass is 666 g/mol. The van der Waals surface area contributed by atoms with Crippen molar-refractivity contribution in [1.29, 1.82) is 5.26 Å². The molecule has 3 aliphatic heterocycles. The topological polar surface area (TPSA) is 104 Å². The van der Waals surface area contributed by atoms with Gasteiger partial charge in [0.25, 0.3) is 0 Å². The number of hydrogen-bond acceptors (Lipinski definition) is 9. The van der Waals surface area contributed by atoms with Crippen LogP contribution in [-0.2, 0) is 11.2 Å². The molecule has 3 aliphatic rings. The van der Waals surface area contributed by atoms with Crippen LogP contribution in [0.1, 0.15) is 52.0 Å². The summed E-state index contributed by atoms with van der Waals surface area (Å²) in [7, 11) is 2.10. The highest BCUT2D eigenvalue weighted by molar-refractivity contribution is 6.04. The average molecular weight is 667 g/mol. The minimum atomic E-state index is -0.658. The van der Waals surface area contributed by atoms with Crippen LogP contribution in [0.25, 0.3) is 32.8 Å². The lowest BCUT2D eigenvalue weighted by Crippen LogP contribution is -2.56. The van der Waals surface area contributed by atoms with Gasteiger partial charge in [0.2, 0.25) is 0 Å². The van der Waals surface area contributed by atoms with E-state index in [1.165, 1.54) is 6.07 Å². The number of benzene rings is 3. The van der Waals surface area contributed by atoms with E-state index in [2.05, 4.69) is 22.9 Å². The number of anilines is 1. The third-order valence-corrected chi connectivity index (χ3v) is 9.78. The van der Waals surface area contributed by atoms with E-state index in [1.807, 2.05) is 51.1 Å². The zero-order valence-corrected chi connectivity index (χ0v) is 28.7. The van der Waals surface area contributed by atoms with Gasteiger partial charge in [-0.2, -0.15) is 15.2 Å². The first kappa shape index (κ1) is 32.8. The summed E-state index contributed by atoms with van der Waals surface area (Å²) in [5.74, 6) is 1.05. The summed E-state index contributed by atoms with van der Waals surface area (Å²) in [5.41, 5.74) is 2.63. The van der Waals surface area contributed by atoms with Crippen LogP contribution in [0.3, 0.4) is 0 Å². The lowest BCUT2D eigenvalue weighted by molar-refractivity contribution is 0.0145. The number of aromatic nitrogens is 2. The molecule has 1 aromatic heterocycles. The Labute approximate surface area is 286 Å². The molecule has 4 heterocycles. The molecule has 49 heavy (non-hydrogen) atoms. The fourth-order valence-corrected chi connectivity index (χ4v) is 7.40. The molecule has 0 unspecified atom stereocenters. The standard InChI is InChI=1S/C38H43FN6O4/c1-38(2,3)49-37(46)45-19-18-44(22-25(45)15-16-40)35-33-31(41-36(42-35)48-23-26-11-7-17-43(26)4)21-29(28-13-8-20-47-34(28)33)27-12-5-9-24-10-6-14-30(39)32(24)27/h5-6,9-10,12,14,21,25-26H,7-8,11,13,15,17-20,22-23H2,1-4H3/t25-,26-/m0/s1. The number of piperazine rings is 1. The molecule has 11 heteroatoms. The Bertz CT molecular complexity index is 1930. The maximum absolute atomic E-state index is 15.5. The fraction of sp³-hybridized carbons (Fsp3) is 0.474. The normalized spacial score (nSPS) is 19.8. The number of amides is 1. The number of fused-ring (bicyclic) bond motifs is 4. The number of halogens is 1. The summed E-state index contributed by atoms with van der Waals surface area (Å²) < 4.78 is 34.0. The molecule has 2 fully saturated rings. The number of nitriles is 1. The number of likely N-dealkylation sites (N-methyl/N-ethyl adjacent to an activating group) is 1. The molecule has 1 amide bonds. The molecule has 2 saturated heterocycles. The number of ether oxygens (including phenoxy) is 3. The summed E-state index contributed by atoms with van der Waals surface area (Å²) in [6.45, 7) is 8.70. The maximum Gasteiger partial charge on any atom is 0.410 e. The van der Waals surface area contributed by atoms with E-state index in [0.717, 1.165) is 59.7 Å². The number of hydrogen-bond donors (Lipinski definition) is 0. The minimum Gasteiger partial charge on any atom is -0.492 e. The molecule has 0 N–H and O–H groups in total. The van der Waals surface area contributed by atoms with Crippen molar-refractivity contribution in [2.75, 3.05) is 51.3 Å². The smallest absolute Gasteiger partial charge is 0.410 e. The second kappa shape index (κ2) is 13.3. The molecule has 10 nitrogen and oxygen atoms in total. The molecule has 7 rings (SSSR count). The van der Waals surface area contributed by atoms with Gasteiger partial charge in [0.15, 0.2) is 0 Å². The third-order valence-electron chi connectivity index (χ3n) is 9.78. The van der Waals surface area contributed by atoms with Gasteiger partial charge in [0.1, 0.15) is 29.6 Å². The molecule has 3 aromatic carbocycles. The van der Waals surface area contributed by atoms with E-state index >= 15 is 4.39 Å². The number of carbonyl (C=O) groups excluding carboxylic acids is 1. The second-order valence-corrected chi connectivity index (χ2v) is 14.3. The van der Waals surface area contributed by atoms with Crippen molar-refractivity contribution >= 4 is 33.6 Å². The van der Waals surface area contributed by atoms with Gasteiger partial charge in [-0.15, -0.1) is 0 Å². The van der Waals surface area contributed by atoms with E-state index < -0.39 is 17.7 Å². The Morgan fingerprint density at radius 1 is 1.06 bits per heavy atom. The predicted molar refractivity (Wildman–Crippen MR) is 187 cm³/mol. The lowest BCUT2D eigenvalue weighted by Gasteiger charge is -2.41. The van der Waals surface area contributed by atoms with Crippen molar-refractivity contribution in [2.45, 2.75) is 70.6 Å². The predicted octanol–water partition coefficient (Wildman–Crippen LogP) is 6.73. The number of nitrogens with zero attached hydrogens (tertiary/aromatic N) is 6. The van der Waals surface area contributed by atoms with E-state index in [0.29, 0.717) is 55.3 Å². The molecule has 0 bridgehead atoms. The summed E-state index contributed by atoms with van der Waals surface area (Å²) in [5, 5.41) is 11.9. The summed E-state index contributed by atoms with van der Waals surface area (Å²) in [6, 6.07) is 15.4. The van der Waals surface area contributed by atoms with Crippen molar-refractivity contribution < 1.29 is 23.4 Å². The summed E-state index contributed by atoms with van der Waals surface area (Å²) >= 11 is 0. The van der Waals surface area contributed by atoms with E-state index in [4.69, 9.17) is 24.2 Å². The zero-order chi connectivity index (χ0) is 34.3. The van der Waals surface area contributed by atoms with Crippen LogP contribution in [0.15, 0.2) is 42.5 Å². The number of carbonyl (C=O) groups is 1. The Morgan fingerprint density at radius 3 is 2.63 bits per heavy atom. The van der Waals surface area contributed by atoms with Crippen molar-refractivity contribution in [3.8, 4) is 29.0 Å². The van der Waals surface area contributed by atoms with Crippen LogP contribution in [0.5, 0.6) is 11.8 Å². The molecular formula is C38H43FN6O4. The molecule has 256 valence electrons. The van der Waals surface area contributed by atoms with Crippen LogP contribution < -0.4 is 14.4 Å². The minimum absolute atomic E-state index is 0.140. The van der Waals surface area contributed by atoms with Crippen LogP contribution in [0, 0.1) is 17.1 Å². The van der Waals surface area contributed by atoms with Gasteiger partial charge in [-0.25, -0.2) is 9.18 Å². The van der Waals surface area contributed by atoms with Crippen LogP contribution >= 0.6 is 0 Å². The van der Waals surface area contributed by atoms with Crippen LogP contribution in [-0.4, -0.2) is 90.0 Å². The quantitative estimate of drug-likeness (QED) is 0.222. The van der Waals surface area contributed by atoms with E-state index in [9.17, 15) is 10.1 Å². The van der Waals surface area contributed by atoms with Gasteiger partial charge < -0.3 is 28.9 Å². The lowest BCUT2D eigenvalue weighted by atomic mass is 9.89. The number of likely N-dealkylation sites (tertiary alicyclic amines) is 1. The Balaban J connectivity index is 1.36. The van der Waals surface area contributed by atoms with Gasteiger partial charge in [0, 0.05) is 36.6 Å². The summed E-state index contributed by atoms with van der Waals surface area (Å²) in [4.78, 5) is 29.3. The molecule has 0 spiro atoms. The second-order valence-electron chi connectivity index (χ2n) is 14.3. The first-order valence-electron chi connectivity index (χ1n) is 17.2. The van der Waals surface area contributed by atoms with Gasteiger partial charge in [-0.05, 0) is 88.7 Å². The Kier molecular flexibility index (Phi) is 8.92. The average Bonchev–Trinajstić information content (AvgIpc) is 3.50. The molecule has 2 atom stereocenters. The fourth-order valence-electron chi connectivity index (χ4n) is 7.40. The van der Waals surface area contributed by atoms with Gasteiger partial charge >= 0.3 is 12.1 Å². The largest absolute Gasteiger partial charge is 0.492 e.